The van der Waals surface area contributed by atoms with E-state index >= 15 is 0 Å². The molecule has 0 bridgehead atoms. The van der Waals surface area contributed by atoms with E-state index < -0.39 is 10.0 Å². The molecule has 3 aromatic carbocycles. The summed E-state index contributed by atoms with van der Waals surface area (Å²) in [6.07, 6.45) is 0. The molecule has 0 saturated carbocycles. The zero-order valence-electron chi connectivity index (χ0n) is 18.1. The van der Waals surface area contributed by atoms with E-state index in [0.717, 1.165) is 16.3 Å². The van der Waals surface area contributed by atoms with Crippen LogP contribution in [0.1, 0.15) is 18.9 Å². The molecule has 1 aliphatic rings. The second-order valence-electron chi connectivity index (χ2n) is 8.08. The molecular formula is C24H23ClN4O3S. The van der Waals surface area contributed by atoms with Crippen molar-refractivity contribution in [3.63, 3.8) is 0 Å². The van der Waals surface area contributed by atoms with Gasteiger partial charge >= 0.3 is 0 Å². The maximum Gasteiger partial charge on any atom is 0.247 e. The molecule has 170 valence electrons. The number of piperazine rings is 1. The third-order valence-corrected chi connectivity index (χ3v) is 8.18. The first-order valence-corrected chi connectivity index (χ1v) is 12.6. The second kappa shape index (κ2) is 8.87. The first-order valence-electron chi connectivity index (χ1n) is 10.7. The Morgan fingerprint density at radius 3 is 2.42 bits per heavy atom. The molecule has 2 heterocycles. The molecule has 1 saturated heterocycles. The number of fused-ring (bicyclic) bond motifs is 1. The van der Waals surface area contributed by atoms with Crippen LogP contribution in [0.15, 0.2) is 76.0 Å². The Labute approximate surface area is 197 Å². The van der Waals surface area contributed by atoms with Gasteiger partial charge in [0.1, 0.15) is 0 Å². The number of halogens is 1. The van der Waals surface area contributed by atoms with Crippen LogP contribution in [-0.4, -0.2) is 54.0 Å². The van der Waals surface area contributed by atoms with Crippen molar-refractivity contribution in [1.82, 2.24) is 19.4 Å². The van der Waals surface area contributed by atoms with E-state index in [1.807, 2.05) is 49.4 Å². The van der Waals surface area contributed by atoms with Crippen LogP contribution in [0.2, 0.25) is 5.02 Å². The van der Waals surface area contributed by atoms with Gasteiger partial charge in [0, 0.05) is 36.8 Å². The number of sulfonamides is 1. The lowest BCUT2D eigenvalue weighted by Gasteiger charge is -2.36. The second-order valence-corrected chi connectivity index (χ2v) is 10.5. The molecule has 4 aromatic rings. The zero-order chi connectivity index (χ0) is 23.0. The summed E-state index contributed by atoms with van der Waals surface area (Å²) < 4.78 is 33.9. The van der Waals surface area contributed by atoms with E-state index in [4.69, 9.17) is 16.0 Å². The van der Waals surface area contributed by atoms with Crippen molar-refractivity contribution in [3.05, 3.63) is 77.6 Å². The van der Waals surface area contributed by atoms with Crippen molar-refractivity contribution in [2.45, 2.75) is 17.9 Å². The molecule has 0 amide bonds. The van der Waals surface area contributed by atoms with E-state index in [1.165, 1.54) is 0 Å². The minimum Gasteiger partial charge on any atom is -0.419 e. The first-order chi connectivity index (χ1) is 15.9. The summed E-state index contributed by atoms with van der Waals surface area (Å²) in [5.74, 6) is 0.910. The van der Waals surface area contributed by atoms with Gasteiger partial charge in [0.2, 0.25) is 21.8 Å². The van der Waals surface area contributed by atoms with Gasteiger partial charge in [-0.1, -0.05) is 48.0 Å². The van der Waals surface area contributed by atoms with Crippen molar-refractivity contribution in [1.29, 1.82) is 0 Å². The monoisotopic (exact) mass is 482 g/mol. The lowest BCUT2D eigenvalue weighted by Crippen LogP contribution is -2.49. The highest BCUT2D eigenvalue weighted by molar-refractivity contribution is 7.89. The van der Waals surface area contributed by atoms with E-state index in [1.54, 1.807) is 28.6 Å². The smallest absolute Gasteiger partial charge is 0.247 e. The molecule has 0 aliphatic carbocycles. The van der Waals surface area contributed by atoms with Crippen LogP contribution in [0.4, 0.5) is 0 Å². The van der Waals surface area contributed by atoms with E-state index in [9.17, 15) is 8.42 Å². The SMILES string of the molecule is CC(c1nnc(-c2cccc(Cl)c2)o1)N1CCN(S(=O)(=O)c2ccc3ccccc3c2)CC1. The topological polar surface area (TPSA) is 79.5 Å². The summed E-state index contributed by atoms with van der Waals surface area (Å²) >= 11 is 6.06. The Morgan fingerprint density at radius 1 is 0.909 bits per heavy atom. The predicted molar refractivity (Wildman–Crippen MR) is 127 cm³/mol. The molecule has 1 atom stereocenters. The molecule has 7 nitrogen and oxygen atoms in total. The average Bonchev–Trinajstić information content (AvgIpc) is 3.34. The third-order valence-electron chi connectivity index (χ3n) is 6.05. The number of rotatable bonds is 5. The molecule has 1 aromatic heterocycles. The quantitative estimate of drug-likeness (QED) is 0.413. The molecule has 0 N–H and O–H groups in total. The summed E-state index contributed by atoms with van der Waals surface area (Å²) in [5.41, 5.74) is 0.764. The fourth-order valence-electron chi connectivity index (χ4n) is 4.11. The minimum absolute atomic E-state index is 0.129. The molecule has 0 spiro atoms. The van der Waals surface area contributed by atoms with Crippen LogP contribution in [-0.2, 0) is 10.0 Å². The van der Waals surface area contributed by atoms with Gasteiger partial charge in [-0.15, -0.1) is 10.2 Å². The number of benzene rings is 3. The van der Waals surface area contributed by atoms with Crippen LogP contribution >= 0.6 is 11.6 Å². The van der Waals surface area contributed by atoms with Gasteiger partial charge < -0.3 is 4.42 Å². The van der Waals surface area contributed by atoms with Gasteiger partial charge in [0.15, 0.2) is 0 Å². The molecule has 5 rings (SSSR count). The maximum atomic E-state index is 13.2. The minimum atomic E-state index is -3.56. The normalized spacial score (nSPS) is 16.8. The van der Waals surface area contributed by atoms with Gasteiger partial charge in [-0.2, -0.15) is 4.31 Å². The van der Waals surface area contributed by atoms with Crippen LogP contribution in [0.5, 0.6) is 0 Å². The van der Waals surface area contributed by atoms with Crippen molar-refractivity contribution in [3.8, 4) is 11.5 Å². The number of hydrogen-bond acceptors (Lipinski definition) is 6. The van der Waals surface area contributed by atoms with Crippen LogP contribution in [0.25, 0.3) is 22.2 Å². The summed E-state index contributed by atoms with van der Waals surface area (Å²) in [4.78, 5) is 2.48. The highest BCUT2D eigenvalue weighted by atomic mass is 35.5. The largest absolute Gasteiger partial charge is 0.419 e. The first kappa shape index (κ1) is 22.0. The van der Waals surface area contributed by atoms with Crippen molar-refractivity contribution in [2.24, 2.45) is 0 Å². The van der Waals surface area contributed by atoms with Crippen molar-refractivity contribution >= 4 is 32.4 Å². The third kappa shape index (κ3) is 4.39. The molecule has 0 radical (unpaired) electrons. The van der Waals surface area contributed by atoms with Crippen LogP contribution < -0.4 is 0 Å². The van der Waals surface area contributed by atoms with E-state index in [-0.39, 0.29) is 6.04 Å². The van der Waals surface area contributed by atoms with Crippen LogP contribution in [0, 0.1) is 0 Å². The summed E-state index contributed by atoms with van der Waals surface area (Å²) in [6.45, 7) is 3.93. The van der Waals surface area contributed by atoms with Crippen molar-refractivity contribution < 1.29 is 12.8 Å². The van der Waals surface area contributed by atoms with Gasteiger partial charge in [-0.3, -0.25) is 4.90 Å². The Morgan fingerprint density at radius 2 is 1.67 bits per heavy atom. The average molecular weight is 483 g/mol. The summed E-state index contributed by atoms with van der Waals surface area (Å²) in [6, 6.07) is 20.2. The fourth-order valence-corrected chi connectivity index (χ4v) is 5.75. The zero-order valence-corrected chi connectivity index (χ0v) is 19.6. The number of hydrogen-bond donors (Lipinski definition) is 0. The molecule has 1 aliphatic heterocycles. The maximum absolute atomic E-state index is 13.2. The Hall–Kier alpha value is -2.78. The Kier molecular flexibility index (Phi) is 5.92. The number of nitrogens with zero attached hydrogens (tertiary/aromatic N) is 4. The predicted octanol–water partition coefficient (Wildman–Crippen LogP) is 4.61. The van der Waals surface area contributed by atoms with Crippen molar-refractivity contribution in [2.75, 3.05) is 26.2 Å². The molecule has 33 heavy (non-hydrogen) atoms. The van der Waals surface area contributed by atoms with Gasteiger partial charge in [0.25, 0.3) is 0 Å². The molecule has 1 fully saturated rings. The highest BCUT2D eigenvalue weighted by Crippen LogP contribution is 2.28. The Bertz CT molecular complexity index is 1400. The van der Waals surface area contributed by atoms with E-state index in [2.05, 4.69) is 15.1 Å². The molecule has 9 heteroatoms. The molecule has 1 unspecified atom stereocenters. The van der Waals surface area contributed by atoms with Gasteiger partial charge in [0.05, 0.1) is 10.9 Å². The van der Waals surface area contributed by atoms with Gasteiger partial charge in [-0.05, 0) is 48.0 Å². The molecular weight excluding hydrogens is 460 g/mol. The van der Waals surface area contributed by atoms with E-state index in [0.29, 0.717) is 47.9 Å². The lowest BCUT2D eigenvalue weighted by molar-refractivity contribution is 0.129. The lowest BCUT2D eigenvalue weighted by atomic mass is 10.1. The standard InChI is InChI=1S/C24H23ClN4O3S/c1-17(23-26-27-24(32-23)20-7-4-8-21(25)15-20)28-11-13-29(14-12-28)33(30,31)22-10-9-18-5-2-3-6-19(18)16-22/h2-10,15-17H,11-14H2,1H3. The fraction of sp³-hybridized carbons (Fsp3) is 0.250. The highest BCUT2D eigenvalue weighted by Gasteiger charge is 2.32. The number of aromatic nitrogens is 2. The summed E-state index contributed by atoms with van der Waals surface area (Å²) in [5, 5.41) is 10.9. The Balaban J connectivity index is 1.27. The van der Waals surface area contributed by atoms with Gasteiger partial charge in [-0.25, -0.2) is 8.42 Å². The summed E-state index contributed by atoms with van der Waals surface area (Å²) in [7, 11) is -3.56. The van der Waals surface area contributed by atoms with Crippen LogP contribution in [0.3, 0.4) is 0 Å².